The minimum atomic E-state index is 0.987. The van der Waals surface area contributed by atoms with E-state index in [1.54, 1.807) is 0 Å². The topological polar surface area (TPSA) is 40.0 Å². The molecule has 4 nitrogen and oxygen atoms in total. The average Bonchev–Trinajstić information content (AvgIpc) is 2.12. The van der Waals surface area contributed by atoms with E-state index in [2.05, 4.69) is 26.1 Å². The number of quaternary nitrogens is 2. The van der Waals surface area contributed by atoms with Crippen LogP contribution in [-0.2, 0) is 0 Å². The number of nitrogens with zero attached hydrogens (tertiary/aromatic N) is 2. The Labute approximate surface area is 87.2 Å². The molecule has 1 aliphatic rings. The van der Waals surface area contributed by atoms with Gasteiger partial charge in [-0.3, -0.25) is 10.7 Å². The molecule has 0 aromatic rings. The Morgan fingerprint density at radius 1 is 1.14 bits per heavy atom. The maximum atomic E-state index is 5.28. The Bertz CT molecular complexity index is 200. The van der Waals surface area contributed by atoms with Gasteiger partial charge in [-0.05, 0) is 0 Å². The van der Waals surface area contributed by atoms with Crippen LogP contribution < -0.4 is 10.7 Å². The summed E-state index contributed by atoms with van der Waals surface area (Å²) in [7, 11) is 6.97. The molecule has 4 heteroatoms. The van der Waals surface area contributed by atoms with Crippen molar-refractivity contribution in [1.82, 2.24) is 0 Å². The first-order chi connectivity index (χ1) is 6.47. The van der Waals surface area contributed by atoms with Crippen LogP contribution in [0.1, 0.15) is 0 Å². The second-order valence-electron chi connectivity index (χ2n) is 5.29. The normalized spacial score (nSPS) is 25.4. The third kappa shape index (κ3) is 3.27. The zero-order valence-electron chi connectivity index (χ0n) is 9.79. The molecule has 1 heterocycles. The maximum absolute atomic E-state index is 5.28. The summed E-state index contributed by atoms with van der Waals surface area (Å²) in [6.07, 6.45) is 1.54. The molecule has 1 rings (SSSR count). The molecule has 0 aromatic carbocycles. The minimum Gasteiger partial charge on any atom is -0.319 e. The Hall–Kier alpha value is -0.610. The van der Waals surface area contributed by atoms with Crippen LogP contribution in [0.2, 0.25) is 0 Å². The number of hydrogen-bond acceptors (Lipinski definition) is 0. The monoisotopic (exact) mass is 201 g/mol. The highest BCUT2D eigenvalue weighted by Gasteiger charge is 2.33. The first-order valence-electron chi connectivity index (χ1n) is 5.40. The van der Waals surface area contributed by atoms with Crippen LogP contribution in [0.15, 0.2) is 0 Å². The molecule has 82 valence electrons. The molecule has 0 bridgehead atoms. The average molecular weight is 201 g/mol. The van der Waals surface area contributed by atoms with E-state index in [1.165, 1.54) is 48.0 Å². The largest absolute Gasteiger partial charge is 0.319 e. The summed E-state index contributed by atoms with van der Waals surface area (Å²) in [5.74, 6) is 0. The van der Waals surface area contributed by atoms with Crippen molar-refractivity contribution in [3.05, 3.63) is 0 Å². The fourth-order valence-corrected chi connectivity index (χ4v) is 1.89. The van der Waals surface area contributed by atoms with Crippen molar-refractivity contribution < 1.29 is 14.0 Å². The molecular formula is C10H25N4+3. The van der Waals surface area contributed by atoms with Crippen molar-refractivity contribution in [1.29, 1.82) is 0 Å². The molecule has 0 unspecified atom stereocenters. The Kier molecular flexibility index (Phi) is 3.50. The van der Waals surface area contributed by atoms with E-state index >= 15 is 0 Å². The van der Waals surface area contributed by atoms with Gasteiger partial charge in [-0.25, -0.2) is 0 Å². The summed E-state index contributed by atoms with van der Waals surface area (Å²) in [5.41, 5.74) is 5.28. The lowest BCUT2D eigenvalue weighted by molar-refractivity contribution is -1.01. The minimum absolute atomic E-state index is 0.987. The molecule has 1 saturated heterocycles. The second-order valence-corrected chi connectivity index (χ2v) is 5.29. The van der Waals surface area contributed by atoms with E-state index in [0.717, 1.165) is 6.54 Å². The van der Waals surface area contributed by atoms with Crippen LogP contribution in [-0.4, -0.2) is 75.7 Å². The number of nitrogens with two attached hydrogens (primary N) is 1. The molecule has 3 N–H and O–H groups in total. The van der Waals surface area contributed by atoms with Crippen LogP contribution >= 0.6 is 0 Å². The second kappa shape index (κ2) is 4.28. The summed E-state index contributed by atoms with van der Waals surface area (Å²) in [5, 5.41) is 0. The summed E-state index contributed by atoms with van der Waals surface area (Å²) >= 11 is 0. The number of rotatable bonds is 3. The molecule has 0 amide bonds. The van der Waals surface area contributed by atoms with Crippen LogP contribution in [0.25, 0.3) is 0 Å². The van der Waals surface area contributed by atoms with E-state index in [4.69, 9.17) is 5.73 Å². The molecule has 0 saturated carbocycles. The highest BCUT2D eigenvalue weighted by molar-refractivity contribution is 5.42. The fraction of sp³-hybridized carbons (Fsp3) is 0.900. The van der Waals surface area contributed by atoms with Gasteiger partial charge >= 0.3 is 0 Å². The lowest BCUT2D eigenvalue weighted by atomic mass is 10.2. The van der Waals surface area contributed by atoms with Crippen molar-refractivity contribution in [3.8, 4) is 0 Å². The highest BCUT2D eigenvalue weighted by Crippen LogP contribution is 2.12. The summed E-state index contributed by atoms with van der Waals surface area (Å²) < 4.78 is 2.35. The van der Waals surface area contributed by atoms with Gasteiger partial charge in [0, 0.05) is 0 Å². The third-order valence-electron chi connectivity index (χ3n) is 3.40. The molecule has 0 atom stereocenters. The van der Waals surface area contributed by atoms with Gasteiger partial charge in [-0.15, -0.1) is 0 Å². The number of piperazine rings is 1. The van der Waals surface area contributed by atoms with Gasteiger partial charge in [-0.1, -0.05) is 0 Å². The predicted molar refractivity (Wildman–Crippen MR) is 58.7 cm³/mol. The van der Waals surface area contributed by atoms with Crippen LogP contribution in [0, 0.1) is 0 Å². The molecule has 1 fully saturated rings. The predicted octanol–water partition coefficient (Wildman–Crippen LogP) is -2.41. The maximum Gasteiger partial charge on any atom is 0.227 e. The van der Waals surface area contributed by atoms with Gasteiger partial charge in [0.15, 0.2) is 0 Å². The van der Waals surface area contributed by atoms with Gasteiger partial charge in [0.25, 0.3) is 0 Å². The molecule has 0 aromatic heterocycles. The smallest absolute Gasteiger partial charge is 0.227 e. The van der Waals surface area contributed by atoms with Gasteiger partial charge < -0.3 is 8.97 Å². The van der Waals surface area contributed by atoms with Crippen LogP contribution in [0.3, 0.4) is 0 Å². The molecule has 0 radical (unpaired) electrons. The SMILES string of the molecule is C[N+]1(C)CC[N+](C)(CC[NH+]=CN)CC1. The molecule has 0 aliphatic carbocycles. The van der Waals surface area contributed by atoms with Gasteiger partial charge in [0.05, 0.1) is 21.1 Å². The van der Waals surface area contributed by atoms with E-state index < -0.39 is 0 Å². The number of hydrogen-bond donors (Lipinski definition) is 2. The van der Waals surface area contributed by atoms with Gasteiger partial charge in [0.1, 0.15) is 39.3 Å². The molecule has 0 spiro atoms. The molecule has 14 heavy (non-hydrogen) atoms. The lowest BCUT2D eigenvalue weighted by Crippen LogP contribution is -2.75. The van der Waals surface area contributed by atoms with Crippen molar-refractivity contribution in [2.75, 3.05) is 60.4 Å². The standard InChI is InChI=1S/C10H24N4/c1-13(2)6-8-14(3,9-7-13)5-4-12-10-11/h10H,4-9H2,1-3H3,(H2,11,12)/q+2/p+1. The summed E-state index contributed by atoms with van der Waals surface area (Å²) in [4.78, 5) is 3.07. The molecule has 1 aliphatic heterocycles. The number of nitrogens with one attached hydrogen (secondary N) is 1. The first-order valence-corrected chi connectivity index (χ1v) is 5.40. The Morgan fingerprint density at radius 2 is 1.71 bits per heavy atom. The third-order valence-corrected chi connectivity index (χ3v) is 3.40. The van der Waals surface area contributed by atoms with Crippen molar-refractivity contribution in [2.24, 2.45) is 5.73 Å². The fourth-order valence-electron chi connectivity index (χ4n) is 1.89. The first kappa shape index (κ1) is 11.5. The summed E-state index contributed by atoms with van der Waals surface area (Å²) in [6.45, 7) is 7.28. The van der Waals surface area contributed by atoms with E-state index in [-0.39, 0.29) is 0 Å². The zero-order chi connectivity index (χ0) is 10.7. The van der Waals surface area contributed by atoms with E-state index in [0.29, 0.717) is 0 Å². The van der Waals surface area contributed by atoms with Crippen LogP contribution in [0.5, 0.6) is 0 Å². The molecular weight excluding hydrogens is 176 g/mol. The number of likely N-dealkylation sites (N-methyl/N-ethyl adjacent to an activating group) is 2. The van der Waals surface area contributed by atoms with Gasteiger partial charge in [-0.2, -0.15) is 0 Å². The highest BCUT2D eigenvalue weighted by atomic mass is 15.4. The lowest BCUT2D eigenvalue weighted by Gasteiger charge is -2.44. The summed E-state index contributed by atoms with van der Waals surface area (Å²) in [6, 6.07) is 0. The van der Waals surface area contributed by atoms with Crippen molar-refractivity contribution in [3.63, 3.8) is 0 Å². The van der Waals surface area contributed by atoms with Crippen molar-refractivity contribution in [2.45, 2.75) is 0 Å². The quantitative estimate of drug-likeness (QED) is 0.298. The Balaban J connectivity index is 2.37. The van der Waals surface area contributed by atoms with E-state index in [9.17, 15) is 0 Å². The van der Waals surface area contributed by atoms with Crippen LogP contribution in [0.4, 0.5) is 0 Å². The van der Waals surface area contributed by atoms with Gasteiger partial charge in [0.2, 0.25) is 6.34 Å². The Morgan fingerprint density at radius 3 is 2.21 bits per heavy atom. The van der Waals surface area contributed by atoms with E-state index in [1.807, 2.05) is 0 Å². The zero-order valence-corrected chi connectivity index (χ0v) is 9.79. The van der Waals surface area contributed by atoms with Crippen molar-refractivity contribution >= 4 is 6.34 Å².